The summed E-state index contributed by atoms with van der Waals surface area (Å²) >= 11 is 0. The molecule has 3 rings (SSSR count). The Labute approximate surface area is 113 Å². The molecule has 0 N–H and O–H groups in total. The summed E-state index contributed by atoms with van der Waals surface area (Å²) in [6, 6.07) is 7.90. The van der Waals surface area contributed by atoms with Crippen LogP contribution in [0.3, 0.4) is 0 Å². The van der Waals surface area contributed by atoms with E-state index in [1.807, 2.05) is 24.3 Å². The third kappa shape index (κ3) is 2.03. The van der Waals surface area contributed by atoms with Crippen LogP contribution < -0.4 is 4.74 Å². The SMILES string of the molecule is COc1ccc(C2OC3=C(C(=O)CCC3)C2C)cc1. The predicted octanol–water partition coefficient (Wildman–Crippen LogP) is 3.41. The van der Waals surface area contributed by atoms with Gasteiger partial charge in [0, 0.05) is 24.3 Å². The van der Waals surface area contributed by atoms with Crippen molar-refractivity contribution in [3.63, 3.8) is 0 Å². The molecule has 3 heteroatoms. The Balaban J connectivity index is 1.86. The van der Waals surface area contributed by atoms with Crippen molar-refractivity contribution < 1.29 is 14.3 Å². The van der Waals surface area contributed by atoms with Crippen molar-refractivity contribution in [1.29, 1.82) is 0 Å². The largest absolute Gasteiger partial charge is 0.497 e. The minimum Gasteiger partial charge on any atom is -0.497 e. The van der Waals surface area contributed by atoms with E-state index >= 15 is 0 Å². The maximum atomic E-state index is 12.0. The quantitative estimate of drug-likeness (QED) is 0.815. The fourth-order valence-corrected chi connectivity index (χ4v) is 3.02. The Kier molecular flexibility index (Phi) is 3.05. The Morgan fingerprint density at radius 2 is 1.95 bits per heavy atom. The highest BCUT2D eigenvalue weighted by atomic mass is 16.5. The van der Waals surface area contributed by atoms with Crippen LogP contribution in [-0.2, 0) is 9.53 Å². The fraction of sp³-hybridized carbons (Fsp3) is 0.438. The highest BCUT2D eigenvalue weighted by Gasteiger charge is 2.39. The van der Waals surface area contributed by atoms with Crippen LogP contribution in [0.1, 0.15) is 37.9 Å². The van der Waals surface area contributed by atoms with E-state index in [2.05, 4.69) is 6.92 Å². The van der Waals surface area contributed by atoms with E-state index in [1.165, 1.54) is 0 Å². The highest BCUT2D eigenvalue weighted by molar-refractivity contribution is 5.97. The summed E-state index contributed by atoms with van der Waals surface area (Å²) in [7, 11) is 1.66. The fourth-order valence-electron chi connectivity index (χ4n) is 3.02. The number of carbonyl (C=O) groups excluding carboxylic acids is 1. The van der Waals surface area contributed by atoms with Crippen molar-refractivity contribution in [2.24, 2.45) is 5.92 Å². The summed E-state index contributed by atoms with van der Waals surface area (Å²) in [5.41, 5.74) is 2.03. The zero-order chi connectivity index (χ0) is 13.4. The molecule has 1 aliphatic carbocycles. The molecule has 19 heavy (non-hydrogen) atoms. The first kappa shape index (κ1) is 12.3. The van der Waals surface area contributed by atoms with Gasteiger partial charge in [-0.1, -0.05) is 19.1 Å². The van der Waals surface area contributed by atoms with Crippen LogP contribution in [0.25, 0.3) is 0 Å². The molecule has 0 bridgehead atoms. The number of allylic oxidation sites excluding steroid dienone is 1. The van der Waals surface area contributed by atoms with Gasteiger partial charge in [-0.3, -0.25) is 4.79 Å². The summed E-state index contributed by atoms with van der Waals surface area (Å²) in [6.07, 6.45) is 2.46. The third-order valence-electron chi connectivity index (χ3n) is 4.03. The second kappa shape index (κ2) is 4.72. The summed E-state index contributed by atoms with van der Waals surface area (Å²) in [5.74, 6) is 2.17. The Bertz CT molecular complexity index is 527. The van der Waals surface area contributed by atoms with Gasteiger partial charge >= 0.3 is 0 Å². The molecule has 0 amide bonds. The van der Waals surface area contributed by atoms with Crippen LogP contribution in [0.15, 0.2) is 35.6 Å². The lowest BCUT2D eigenvalue weighted by Crippen LogP contribution is -2.14. The third-order valence-corrected chi connectivity index (χ3v) is 4.03. The van der Waals surface area contributed by atoms with E-state index in [1.54, 1.807) is 7.11 Å². The topological polar surface area (TPSA) is 35.5 Å². The van der Waals surface area contributed by atoms with Crippen LogP contribution in [-0.4, -0.2) is 12.9 Å². The maximum absolute atomic E-state index is 12.0. The molecule has 0 aromatic heterocycles. The number of benzene rings is 1. The summed E-state index contributed by atoms with van der Waals surface area (Å²) in [4.78, 5) is 12.0. The molecule has 0 saturated heterocycles. The van der Waals surface area contributed by atoms with Crippen molar-refractivity contribution in [2.45, 2.75) is 32.3 Å². The van der Waals surface area contributed by atoms with E-state index in [0.29, 0.717) is 6.42 Å². The molecule has 0 spiro atoms. The zero-order valence-electron chi connectivity index (χ0n) is 11.3. The zero-order valence-corrected chi connectivity index (χ0v) is 11.3. The minimum atomic E-state index is -0.0297. The van der Waals surface area contributed by atoms with E-state index < -0.39 is 0 Å². The van der Waals surface area contributed by atoms with Crippen molar-refractivity contribution in [3.8, 4) is 5.75 Å². The number of ether oxygens (including phenoxy) is 2. The summed E-state index contributed by atoms with van der Waals surface area (Å²) in [5, 5.41) is 0. The van der Waals surface area contributed by atoms with Crippen molar-refractivity contribution >= 4 is 5.78 Å². The van der Waals surface area contributed by atoms with Gasteiger partial charge in [0.15, 0.2) is 5.78 Å². The molecule has 100 valence electrons. The van der Waals surface area contributed by atoms with E-state index in [9.17, 15) is 4.79 Å². The average molecular weight is 258 g/mol. The van der Waals surface area contributed by atoms with Crippen LogP contribution in [0.5, 0.6) is 5.75 Å². The second-order valence-electron chi connectivity index (χ2n) is 5.21. The van der Waals surface area contributed by atoms with Gasteiger partial charge in [-0.15, -0.1) is 0 Å². The standard InChI is InChI=1S/C16H18O3/c1-10-15-13(17)4-3-5-14(15)19-16(10)11-6-8-12(18-2)9-7-11/h6-10,16H,3-5H2,1-2H3. The molecule has 2 atom stereocenters. The molecule has 1 heterocycles. The highest BCUT2D eigenvalue weighted by Crippen LogP contribution is 2.45. The number of methoxy groups -OCH3 is 1. The van der Waals surface area contributed by atoms with Crippen molar-refractivity contribution in [1.82, 2.24) is 0 Å². The number of carbonyl (C=O) groups is 1. The molecule has 1 aromatic rings. The Hall–Kier alpha value is -1.77. The number of hydrogen-bond acceptors (Lipinski definition) is 3. The van der Waals surface area contributed by atoms with Gasteiger partial charge in [0.1, 0.15) is 17.6 Å². The lowest BCUT2D eigenvalue weighted by Gasteiger charge is -2.17. The molecule has 1 aliphatic heterocycles. The van der Waals surface area contributed by atoms with Crippen LogP contribution in [0, 0.1) is 5.92 Å². The van der Waals surface area contributed by atoms with E-state index in [-0.39, 0.29) is 17.8 Å². The van der Waals surface area contributed by atoms with E-state index in [4.69, 9.17) is 9.47 Å². The molecule has 0 saturated carbocycles. The van der Waals surface area contributed by atoms with Gasteiger partial charge in [0.2, 0.25) is 0 Å². The first-order valence-electron chi connectivity index (χ1n) is 6.77. The summed E-state index contributed by atoms with van der Waals surface area (Å²) < 4.78 is 11.2. The Morgan fingerprint density at radius 3 is 2.58 bits per heavy atom. The van der Waals surface area contributed by atoms with Crippen molar-refractivity contribution in [3.05, 3.63) is 41.2 Å². The smallest absolute Gasteiger partial charge is 0.162 e. The van der Waals surface area contributed by atoms with Gasteiger partial charge < -0.3 is 9.47 Å². The lowest BCUT2D eigenvalue weighted by molar-refractivity contribution is -0.116. The maximum Gasteiger partial charge on any atom is 0.162 e. The van der Waals surface area contributed by atoms with Gasteiger partial charge in [0.25, 0.3) is 0 Å². The van der Waals surface area contributed by atoms with E-state index in [0.717, 1.165) is 35.5 Å². The number of rotatable bonds is 2. The van der Waals surface area contributed by atoms with Crippen LogP contribution in [0.2, 0.25) is 0 Å². The Morgan fingerprint density at radius 1 is 1.21 bits per heavy atom. The number of ketones is 1. The predicted molar refractivity (Wildman–Crippen MR) is 71.9 cm³/mol. The normalized spacial score (nSPS) is 26.1. The van der Waals surface area contributed by atoms with Gasteiger partial charge in [-0.05, 0) is 24.1 Å². The second-order valence-corrected chi connectivity index (χ2v) is 5.21. The molecule has 1 aromatic carbocycles. The molecule has 2 unspecified atom stereocenters. The molecule has 0 radical (unpaired) electrons. The lowest BCUT2D eigenvalue weighted by atomic mass is 9.85. The number of hydrogen-bond donors (Lipinski definition) is 0. The molecule has 0 fully saturated rings. The summed E-state index contributed by atoms with van der Waals surface area (Å²) in [6.45, 7) is 2.08. The molecule has 2 aliphatic rings. The van der Waals surface area contributed by atoms with Crippen LogP contribution >= 0.6 is 0 Å². The average Bonchev–Trinajstić information content (AvgIpc) is 2.78. The monoisotopic (exact) mass is 258 g/mol. The van der Waals surface area contributed by atoms with Gasteiger partial charge in [0.05, 0.1) is 7.11 Å². The molecule has 3 nitrogen and oxygen atoms in total. The van der Waals surface area contributed by atoms with Crippen molar-refractivity contribution in [2.75, 3.05) is 7.11 Å². The molecular formula is C16H18O3. The first-order valence-corrected chi connectivity index (χ1v) is 6.77. The van der Waals surface area contributed by atoms with Gasteiger partial charge in [-0.2, -0.15) is 0 Å². The first-order chi connectivity index (χ1) is 9.20. The minimum absolute atomic E-state index is 0.0297. The van der Waals surface area contributed by atoms with Crippen LogP contribution in [0.4, 0.5) is 0 Å². The molecular weight excluding hydrogens is 240 g/mol. The number of Topliss-reactive ketones (excluding diaryl/α,β-unsaturated/α-hetero) is 1. The van der Waals surface area contributed by atoms with Gasteiger partial charge in [-0.25, -0.2) is 0 Å².